The van der Waals surface area contributed by atoms with Crippen molar-refractivity contribution in [2.75, 3.05) is 0 Å². The molecule has 0 spiro atoms. The molecule has 2 atom stereocenters. The summed E-state index contributed by atoms with van der Waals surface area (Å²) in [6.07, 6.45) is 21.2. The first-order chi connectivity index (χ1) is 8.90. The summed E-state index contributed by atoms with van der Waals surface area (Å²) in [6.45, 7) is 2.30. The number of rotatable bonds is 11. The number of unbranched alkanes of at least 4 members (excludes halogenated alkanes) is 9. The van der Waals surface area contributed by atoms with Crippen LogP contribution in [0, 0.1) is 17.8 Å². The third-order valence-corrected chi connectivity index (χ3v) is 5.31. The minimum atomic E-state index is 1.14. The molecule has 0 saturated heterocycles. The van der Waals surface area contributed by atoms with Crippen LogP contribution in [-0.2, 0) is 0 Å². The molecule has 2 aliphatic rings. The second-order valence-corrected chi connectivity index (χ2v) is 7.06. The van der Waals surface area contributed by atoms with Gasteiger partial charge in [0.15, 0.2) is 0 Å². The van der Waals surface area contributed by atoms with Crippen molar-refractivity contribution in [1.82, 2.24) is 0 Å². The van der Waals surface area contributed by atoms with Crippen molar-refractivity contribution >= 4 is 0 Å². The molecule has 0 aliphatic heterocycles. The minimum absolute atomic E-state index is 1.14. The van der Waals surface area contributed by atoms with Gasteiger partial charge in [-0.05, 0) is 37.0 Å². The van der Waals surface area contributed by atoms with Crippen LogP contribution in [0.15, 0.2) is 0 Å². The lowest BCUT2D eigenvalue weighted by molar-refractivity contribution is 0.424. The van der Waals surface area contributed by atoms with Crippen molar-refractivity contribution in [3.63, 3.8) is 0 Å². The molecule has 0 aromatic heterocycles. The van der Waals surface area contributed by atoms with E-state index in [0.29, 0.717) is 0 Å². The highest BCUT2D eigenvalue weighted by Crippen LogP contribution is 2.55. The van der Waals surface area contributed by atoms with Crippen LogP contribution in [0.3, 0.4) is 0 Å². The maximum atomic E-state index is 2.30. The molecule has 0 heteroatoms. The second kappa shape index (κ2) is 8.23. The van der Waals surface area contributed by atoms with E-state index in [0.717, 1.165) is 5.92 Å². The molecular weight excluding hydrogens is 216 g/mol. The van der Waals surface area contributed by atoms with Crippen molar-refractivity contribution in [2.24, 2.45) is 17.8 Å². The maximum Gasteiger partial charge on any atom is -0.0380 e. The van der Waals surface area contributed by atoms with Gasteiger partial charge in [-0.15, -0.1) is 0 Å². The average molecular weight is 250 g/mol. The Hall–Kier alpha value is 0. The Morgan fingerprint density at radius 3 is 1.67 bits per heavy atom. The predicted molar refractivity (Wildman–Crippen MR) is 80.8 cm³/mol. The van der Waals surface area contributed by atoms with E-state index in [1.807, 2.05) is 0 Å². The fourth-order valence-electron chi connectivity index (χ4n) is 4.00. The van der Waals surface area contributed by atoms with Gasteiger partial charge in [0.2, 0.25) is 0 Å². The van der Waals surface area contributed by atoms with E-state index in [9.17, 15) is 0 Å². The topological polar surface area (TPSA) is 0 Å². The highest BCUT2D eigenvalue weighted by Gasteiger charge is 2.45. The summed E-state index contributed by atoms with van der Waals surface area (Å²) in [7, 11) is 0. The average Bonchev–Trinajstić information content (AvgIpc) is 2.99. The van der Waals surface area contributed by atoms with Crippen LogP contribution in [0.5, 0.6) is 0 Å². The van der Waals surface area contributed by atoms with Gasteiger partial charge in [-0.1, -0.05) is 77.6 Å². The molecule has 2 aliphatic carbocycles. The van der Waals surface area contributed by atoms with Gasteiger partial charge in [-0.2, -0.15) is 0 Å². The summed E-state index contributed by atoms with van der Waals surface area (Å²) in [5, 5.41) is 0. The highest BCUT2D eigenvalue weighted by molar-refractivity contribution is 4.95. The van der Waals surface area contributed by atoms with E-state index in [-0.39, 0.29) is 0 Å². The van der Waals surface area contributed by atoms with Crippen LogP contribution >= 0.6 is 0 Å². The molecule has 0 aromatic carbocycles. The largest absolute Gasteiger partial charge is 0.0654 e. The summed E-state index contributed by atoms with van der Waals surface area (Å²) in [4.78, 5) is 0. The van der Waals surface area contributed by atoms with Gasteiger partial charge in [0.1, 0.15) is 0 Å². The molecule has 2 fully saturated rings. The summed E-state index contributed by atoms with van der Waals surface area (Å²) >= 11 is 0. The normalized spacial score (nSPS) is 29.5. The van der Waals surface area contributed by atoms with Gasteiger partial charge in [-0.25, -0.2) is 0 Å². The fourth-order valence-corrected chi connectivity index (χ4v) is 4.00. The summed E-state index contributed by atoms with van der Waals surface area (Å²) in [5.74, 6) is 3.53. The van der Waals surface area contributed by atoms with Crippen LogP contribution in [0.25, 0.3) is 0 Å². The third-order valence-electron chi connectivity index (χ3n) is 5.31. The van der Waals surface area contributed by atoms with Crippen molar-refractivity contribution < 1.29 is 0 Å². The van der Waals surface area contributed by atoms with Gasteiger partial charge in [0.25, 0.3) is 0 Å². The van der Waals surface area contributed by atoms with Gasteiger partial charge in [-0.3, -0.25) is 0 Å². The number of hydrogen-bond donors (Lipinski definition) is 0. The molecule has 2 rings (SSSR count). The lowest BCUT2D eigenvalue weighted by Gasteiger charge is -2.10. The lowest BCUT2D eigenvalue weighted by Crippen LogP contribution is -1.96. The van der Waals surface area contributed by atoms with E-state index in [2.05, 4.69) is 6.92 Å². The summed E-state index contributed by atoms with van der Waals surface area (Å²) < 4.78 is 0. The molecule has 0 amide bonds. The van der Waals surface area contributed by atoms with E-state index in [1.54, 1.807) is 25.7 Å². The van der Waals surface area contributed by atoms with Gasteiger partial charge in [0.05, 0.1) is 0 Å². The van der Waals surface area contributed by atoms with Crippen LogP contribution in [0.4, 0.5) is 0 Å². The Bertz CT molecular complexity index is 198. The quantitative estimate of drug-likeness (QED) is 0.375. The zero-order chi connectivity index (χ0) is 12.6. The Morgan fingerprint density at radius 2 is 1.11 bits per heavy atom. The van der Waals surface area contributed by atoms with Crippen LogP contribution in [0.1, 0.15) is 96.8 Å². The predicted octanol–water partition coefficient (Wildman–Crippen LogP) is 6.34. The molecule has 2 unspecified atom stereocenters. The van der Waals surface area contributed by atoms with Crippen molar-refractivity contribution in [3.8, 4) is 0 Å². The van der Waals surface area contributed by atoms with Crippen molar-refractivity contribution in [2.45, 2.75) is 96.8 Å². The number of fused-ring (bicyclic) bond motifs is 1. The molecule has 0 radical (unpaired) electrons. The Balaban J connectivity index is 1.28. The van der Waals surface area contributed by atoms with Crippen LogP contribution in [-0.4, -0.2) is 0 Å². The van der Waals surface area contributed by atoms with Crippen molar-refractivity contribution in [3.05, 3.63) is 0 Å². The minimum Gasteiger partial charge on any atom is -0.0654 e. The molecule has 0 heterocycles. The van der Waals surface area contributed by atoms with E-state index in [1.165, 1.54) is 76.0 Å². The van der Waals surface area contributed by atoms with Crippen molar-refractivity contribution in [1.29, 1.82) is 0 Å². The summed E-state index contributed by atoms with van der Waals surface area (Å²) in [6, 6.07) is 0. The first-order valence-electron chi connectivity index (χ1n) is 8.90. The Labute approximate surface area is 115 Å². The number of hydrogen-bond acceptors (Lipinski definition) is 0. The van der Waals surface area contributed by atoms with E-state index >= 15 is 0 Å². The molecule has 0 bridgehead atoms. The van der Waals surface area contributed by atoms with Crippen LogP contribution in [0.2, 0.25) is 0 Å². The Morgan fingerprint density at radius 1 is 0.611 bits per heavy atom. The zero-order valence-corrected chi connectivity index (χ0v) is 12.6. The van der Waals surface area contributed by atoms with Gasteiger partial charge < -0.3 is 0 Å². The lowest BCUT2D eigenvalue weighted by atomic mass is 9.96. The van der Waals surface area contributed by atoms with Crippen LogP contribution < -0.4 is 0 Å². The highest BCUT2D eigenvalue weighted by atomic mass is 14.5. The fraction of sp³-hybridized carbons (Fsp3) is 1.00. The molecule has 0 N–H and O–H groups in total. The van der Waals surface area contributed by atoms with Gasteiger partial charge >= 0.3 is 0 Å². The molecule has 106 valence electrons. The maximum absolute atomic E-state index is 2.30. The first kappa shape index (κ1) is 14.4. The second-order valence-electron chi connectivity index (χ2n) is 7.06. The molecule has 0 aromatic rings. The zero-order valence-electron chi connectivity index (χ0n) is 12.6. The third kappa shape index (κ3) is 5.33. The summed E-state index contributed by atoms with van der Waals surface area (Å²) in [5.41, 5.74) is 0. The molecule has 18 heavy (non-hydrogen) atoms. The van der Waals surface area contributed by atoms with E-state index < -0.39 is 0 Å². The standard InChI is InChI=1S/C18H34/c1-2-3-4-5-6-7-8-9-10-11-12-16-13-17-15-18(17)14-16/h16-18H,2-15H2,1H3. The molecule has 2 saturated carbocycles. The smallest absolute Gasteiger partial charge is 0.0380 e. The molecular formula is C18H34. The Kier molecular flexibility index (Phi) is 6.59. The SMILES string of the molecule is CCCCCCCCCCCCC1CC2CC2C1. The van der Waals surface area contributed by atoms with E-state index in [4.69, 9.17) is 0 Å². The monoisotopic (exact) mass is 250 g/mol. The first-order valence-corrected chi connectivity index (χ1v) is 8.90. The van der Waals surface area contributed by atoms with Gasteiger partial charge in [0, 0.05) is 0 Å². The molecule has 0 nitrogen and oxygen atoms in total.